The Labute approximate surface area is 213 Å². The van der Waals surface area contributed by atoms with Crippen LogP contribution in [0.1, 0.15) is 24.1 Å². The molecule has 1 amide bonds. The van der Waals surface area contributed by atoms with Gasteiger partial charge >= 0.3 is 0 Å². The summed E-state index contributed by atoms with van der Waals surface area (Å²) in [6.07, 6.45) is 0. The lowest BCUT2D eigenvalue weighted by molar-refractivity contribution is -0.122. The van der Waals surface area contributed by atoms with Crippen LogP contribution in [0.15, 0.2) is 71.6 Å². The second-order valence-corrected chi connectivity index (χ2v) is 10.9. The molecule has 0 heterocycles. The molecule has 1 atom stereocenters. The monoisotopic (exact) mass is 544 g/mol. The number of benzene rings is 3. The molecular formula is C23H20Cl4N2O3S. The molecular weight excluding hydrogens is 526 g/mol. The zero-order valence-electron chi connectivity index (χ0n) is 17.4. The number of nitrogens with zero attached hydrogens (tertiary/aromatic N) is 1. The number of sulfonamides is 1. The normalized spacial score (nSPS) is 12.5. The van der Waals surface area contributed by atoms with E-state index in [0.717, 1.165) is 9.87 Å². The fourth-order valence-electron chi connectivity index (χ4n) is 3.12. The minimum absolute atomic E-state index is 0.00590. The van der Waals surface area contributed by atoms with Gasteiger partial charge in [0.05, 0.1) is 17.5 Å². The average molecular weight is 546 g/mol. The highest BCUT2D eigenvalue weighted by Crippen LogP contribution is 2.28. The summed E-state index contributed by atoms with van der Waals surface area (Å²) in [7, 11) is -4.07. The first kappa shape index (κ1) is 25.8. The summed E-state index contributed by atoms with van der Waals surface area (Å²) in [5.74, 6) is -0.488. The van der Waals surface area contributed by atoms with E-state index in [2.05, 4.69) is 5.32 Å². The van der Waals surface area contributed by atoms with Gasteiger partial charge < -0.3 is 5.32 Å². The van der Waals surface area contributed by atoms with E-state index >= 15 is 0 Å². The van der Waals surface area contributed by atoms with Crippen molar-refractivity contribution in [3.63, 3.8) is 0 Å². The number of carbonyl (C=O) groups excluding carboxylic acids is 1. The molecule has 0 spiro atoms. The first-order valence-corrected chi connectivity index (χ1v) is 12.8. The largest absolute Gasteiger partial charge is 0.348 e. The van der Waals surface area contributed by atoms with Gasteiger partial charge in [-0.05, 0) is 61.0 Å². The summed E-state index contributed by atoms with van der Waals surface area (Å²) < 4.78 is 27.8. The number of hydrogen-bond donors (Lipinski definition) is 1. The molecule has 0 unspecified atom stereocenters. The van der Waals surface area contributed by atoms with Gasteiger partial charge in [-0.3, -0.25) is 4.79 Å². The predicted molar refractivity (Wildman–Crippen MR) is 134 cm³/mol. The molecule has 0 fully saturated rings. The quantitative estimate of drug-likeness (QED) is 0.357. The summed E-state index contributed by atoms with van der Waals surface area (Å²) in [5, 5.41) is 4.39. The molecule has 0 aromatic heterocycles. The van der Waals surface area contributed by atoms with Crippen molar-refractivity contribution in [2.45, 2.75) is 24.4 Å². The minimum Gasteiger partial charge on any atom is -0.348 e. The first-order chi connectivity index (χ1) is 15.6. The predicted octanol–water partition coefficient (Wildman–Crippen LogP) is 6.37. The zero-order valence-corrected chi connectivity index (χ0v) is 21.3. The van der Waals surface area contributed by atoms with E-state index in [9.17, 15) is 13.2 Å². The first-order valence-electron chi connectivity index (χ1n) is 9.81. The van der Waals surface area contributed by atoms with Crippen molar-refractivity contribution in [3.05, 3.63) is 97.9 Å². The third-order valence-electron chi connectivity index (χ3n) is 4.92. The Morgan fingerprint density at radius 1 is 0.879 bits per heavy atom. The van der Waals surface area contributed by atoms with Gasteiger partial charge in [0.15, 0.2) is 0 Å². The number of hydrogen-bond acceptors (Lipinski definition) is 3. The number of amides is 1. The summed E-state index contributed by atoms with van der Waals surface area (Å²) in [6.45, 7) is 1.17. The van der Waals surface area contributed by atoms with E-state index in [1.54, 1.807) is 49.4 Å². The van der Waals surface area contributed by atoms with Crippen LogP contribution in [-0.4, -0.2) is 25.2 Å². The van der Waals surface area contributed by atoms with Crippen molar-refractivity contribution in [1.82, 2.24) is 9.62 Å². The highest BCUT2D eigenvalue weighted by atomic mass is 35.5. The van der Waals surface area contributed by atoms with E-state index in [1.807, 2.05) is 0 Å². The Morgan fingerprint density at radius 2 is 1.39 bits per heavy atom. The number of carbonyl (C=O) groups is 1. The lowest BCUT2D eigenvalue weighted by Gasteiger charge is -2.24. The minimum atomic E-state index is -4.07. The summed E-state index contributed by atoms with van der Waals surface area (Å²) in [5.41, 5.74) is 1.23. The molecule has 0 aliphatic carbocycles. The zero-order chi connectivity index (χ0) is 24.2. The topological polar surface area (TPSA) is 66.5 Å². The molecule has 3 rings (SSSR count). The van der Waals surface area contributed by atoms with Crippen LogP contribution in [0.2, 0.25) is 20.1 Å². The molecule has 33 heavy (non-hydrogen) atoms. The Kier molecular flexibility index (Phi) is 8.67. The van der Waals surface area contributed by atoms with E-state index < -0.39 is 22.5 Å². The molecule has 10 heteroatoms. The average Bonchev–Trinajstić information content (AvgIpc) is 2.76. The Morgan fingerprint density at radius 3 is 1.94 bits per heavy atom. The van der Waals surface area contributed by atoms with Crippen molar-refractivity contribution in [3.8, 4) is 0 Å². The van der Waals surface area contributed by atoms with Gasteiger partial charge in [-0.1, -0.05) is 64.6 Å². The van der Waals surface area contributed by atoms with Gasteiger partial charge in [-0.25, -0.2) is 8.42 Å². The van der Waals surface area contributed by atoms with Gasteiger partial charge in [0.25, 0.3) is 0 Å². The van der Waals surface area contributed by atoms with E-state index in [0.29, 0.717) is 25.7 Å². The molecule has 174 valence electrons. The van der Waals surface area contributed by atoms with E-state index in [1.165, 1.54) is 24.3 Å². The van der Waals surface area contributed by atoms with Crippen LogP contribution in [0.5, 0.6) is 0 Å². The number of nitrogens with one attached hydrogen (secondary N) is 1. The smallest absolute Gasteiger partial charge is 0.243 e. The second-order valence-electron chi connectivity index (χ2n) is 7.27. The highest BCUT2D eigenvalue weighted by molar-refractivity contribution is 7.89. The maximum Gasteiger partial charge on any atom is 0.243 e. The van der Waals surface area contributed by atoms with Gasteiger partial charge in [0.2, 0.25) is 15.9 Å². The lowest BCUT2D eigenvalue weighted by atomic mass is 10.1. The van der Waals surface area contributed by atoms with Crippen LogP contribution in [0.25, 0.3) is 0 Å². The third kappa shape index (κ3) is 6.63. The second kappa shape index (κ2) is 11.1. The molecule has 3 aromatic rings. The van der Waals surface area contributed by atoms with Crippen molar-refractivity contribution in [2.75, 3.05) is 6.54 Å². The Hall–Kier alpha value is -1.80. The third-order valence-corrected chi connectivity index (χ3v) is 7.93. The van der Waals surface area contributed by atoms with Gasteiger partial charge in [-0.2, -0.15) is 4.31 Å². The van der Waals surface area contributed by atoms with Gasteiger partial charge in [-0.15, -0.1) is 0 Å². The maximum atomic E-state index is 13.4. The SMILES string of the molecule is C[C@H](NC(=O)CN(Cc1c(Cl)cccc1Cl)S(=O)(=O)c1ccc(Cl)cc1)c1ccc(Cl)cc1. The van der Waals surface area contributed by atoms with Crippen LogP contribution in [0.3, 0.4) is 0 Å². The van der Waals surface area contributed by atoms with Gasteiger partial charge in [0.1, 0.15) is 0 Å². The van der Waals surface area contributed by atoms with Crippen molar-refractivity contribution in [1.29, 1.82) is 0 Å². The van der Waals surface area contributed by atoms with Crippen molar-refractivity contribution < 1.29 is 13.2 Å². The van der Waals surface area contributed by atoms with Crippen molar-refractivity contribution >= 4 is 62.3 Å². The fourth-order valence-corrected chi connectivity index (χ4v) is 5.26. The molecule has 3 aromatic carbocycles. The molecule has 1 N–H and O–H groups in total. The molecule has 0 bridgehead atoms. The summed E-state index contributed by atoms with van der Waals surface area (Å²) in [4.78, 5) is 12.9. The molecule has 0 saturated heterocycles. The molecule has 0 aliphatic rings. The van der Waals surface area contributed by atoms with E-state index in [-0.39, 0.29) is 17.5 Å². The Balaban J connectivity index is 1.88. The molecule has 0 aliphatic heterocycles. The van der Waals surface area contributed by atoms with Crippen LogP contribution in [-0.2, 0) is 21.4 Å². The standard InChI is InChI=1S/C23H20Cl4N2O3S/c1-15(16-5-7-17(24)8-6-16)28-23(30)14-29(13-20-21(26)3-2-4-22(20)27)33(31,32)19-11-9-18(25)10-12-19/h2-12,15H,13-14H2,1H3,(H,28,30)/t15-/m0/s1. The summed E-state index contributed by atoms with van der Waals surface area (Å²) in [6, 6.07) is 17.2. The van der Waals surface area contributed by atoms with E-state index in [4.69, 9.17) is 46.4 Å². The highest BCUT2D eigenvalue weighted by Gasteiger charge is 2.28. The maximum absolute atomic E-state index is 13.4. The lowest BCUT2D eigenvalue weighted by Crippen LogP contribution is -2.41. The number of halogens is 4. The fraction of sp³-hybridized carbons (Fsp3) is 0.174. The number of rotatable bonds is 8. The van der Waals surface area contributed by atoms with Crippen LogP contribution >= 0.6 is 46.4 Å². The van der Waals surface area contributed by atoms with Gasteiger partial charge in [0, 0.05) is 32.2 Å². The summed E-state index contributed by atoms with van der Waals surface area (Å²) >= 11 is 24.4. The van der Waals surface area contributed by atoms with Crippen LogP contribution in [0, 0.1) is 0 Å². The molecule has 0 saturated carbocycles. The van der Waals surface area contributed by atoms with Crippen LogP contribution < -0.4 is 5.32 Å². The molecule has 5 nitrogen and oxygen atoms in total. The van der Waals surface area contributed by atoms with Crippen LogP contribution in [0.4, 0.5) is 0 Å². The molecule has 0 radical (unpaired) electrons. The Bertz CT molecular complexity index is 1210. The van der Waals surface area contributed by atoms with Crippen molar-refractivity contribution in [2.24, 2.45) is 0 Å².